The van der Waals surface area contributed by atoms with Gasteiger partial charge >= 0.3 is 6.09 Å². The van der Waals surface area contributed by atoms with Crippen molar-refractivity contribution in [3.8, 4) is 0 Å². The zero-order valence-corrected chi connectivity index (χ0v) is 9.50. The fourth-order valence-corrected chi connectivity index (χ4v) is 1.39. The Morgan fingerprint density at radius 1 is 1.50 bits per heavy atom. The van der Waals surface area contributed by atoms with Crippen LogP contribution in [0.25, 0.3) is 0 Å². The molecule has 1 heterocycles. The molecule has 0 atom stereocenters. The molecule has 0 saturated heterocycles. The lowest BCUT2D eigenvalue weighted by atomic mass is 10.2. The summed E-state index contributed by atoms with van der Waals surface area (Å²) < 4.78 is 0. The summed E-state index contributed by atoms with van der Waals surface area (Å²) in [6, 6.07) is 3.68. The van der Waals surface area contributed by atoms with E-state index in [0.717, 1.165) is 18.5 Å². The zero-order chi connectivity index (χ0) is 11.8. The number of carbonyl (C=O) groups is 1. The summed E-state index contributed by atoms with van der Waals surface area (Å²) in [6.07, 6.45) is 1.43. The number of hydrogen-bond donors (Lipinski definition) is 3. The van der Waals surface area contributed by atoms with Crippen molar-refractivity contribution < 1.29 is 9.90 Å². The molecule has 1 aromatic heterocycles. The first-order chi connectivity index (χ1) is 7.68. The average Bonchev–Trinajstić information content (AvgIpc) is 2.23. The van der Waals surface area contributed by atoms with Gasteiger partial charge < -0.3 is 15.7 Å². The number of aromatic nitrogens is 1. The van der Waals surface area contributed by atoms with Gasteiger partial charge in [-0.2, -0.15) is 0 Å². The SMILES string of the molecule is O=C(O)NCCCNCc1ccnc(Cl)c1. The zero-order valence-electron chi connectivity index (χ0n) is 8.74. The third-order valence-corrected chi connectivity index (χ3v) is 2.13. The van der Waals surface area contributed by atoms with E-state index in [4.69, 9.17) is 16.7 Å². The third kappa shape index (κ3) is 5.53. The highest BCUT2D eigenvalue weighted by atomic mass is 35.5. The lowest BCUT2D eigenvalue weighted by Gasteiger charge is -2.05. The number of halogens is 1. The lowest BCUT2D eigenvalue weighted by molar-refractivity contribution is 0.194. The molecule has 0 fully saturated rings. The summed E-state index contributed by atoms with van der Waals surface area (Å²) in [5, 5.41) is 14.3. The third-order valence-electron chi connectivity index (χ3n) is 1.93. The molecule has 0 aromatic carbocycles. The number of nitrogens with one attached hydrogen (secondary N) is 2. The van der Waals surface area contributed by atoms with E-state index in [1.165, 1.54) is 0 Å². The number of nitrogens with zero attached hydrogens (tertiary/aromatic N) is 1. The number of hydrogen-bond acceptors (Lipinski definition) is 3. The minimum atomic E-state index is -0.985. The van der Waals surface area contributed by atoms with E-state index in [1.54, 1.807) is 12.3 Å². The first-order valence-electron chi connectivity index (χ1n) is 4.96. The van der Waals surface area contributed by atoms with Crippen LogP contribution in [-0.4, -0.2) is 29.3 Å². The number of carboxylic acid groups (broad SMARTS) is 1. The van der Waals surface area contributed by atoms with Crippen molar-refractivity contribution >= 4 is 17.7 Å². The predicted octanol–water partition coefficient (Wildman–Crippen LogP) is 1.48. The minimum Gasteiger partial charge on any atom is -0.465 e. The van der Waals surface area contributed by atoms with E-state index in [2.05, 4.69) is 15.6 Å². The van der Waals surface area contributed by atoms with E-state index in [9.17, 15) is 4.79 Å². The molecule has 0 unspecified atom stereocenters. The lowest BCUT2D eigenvalue weighted by Crippen LogP contribution is -2.25. The van der Waals surface area contributed by atoms with Gasteiger partial charge in [0.15, 0.2) is 0 Å². The Kier molecular flexibility index (Phi) is 5.60. The monoisotopic (exact) mass is 243 g/mol. The maximum absolute atomic E-state index is 10.1. The van der Waals surface area contributed by atoms with Crippen molar-refractivity contribution in [2.75, 3.05) is 13.1 Å². The van der Waals surface area contributed by atoms with Crippen LogP contribution in [0.1, 0.15) is 12.0 Å². The van der Waals surface area contributed by atoms with Crippen LogP contribution in [0, 0.1) is 0 Å². The first kappa shape index (κ1) is 12.7. The number of pyridine rings is 1. The van der Waals surface area contributed by atoms with Crippen LogP contribution in [0.15, 0.2) is 18.3 Å². The standard InChI is InChI=1S/C10H14ClN3O2/c11-9-6-8(2-5-13-9)7-12-3-1-4-14-10(15)16/h2,5-6,12,14H,1,3-4,7H2,(H,15,16). The van der Waals surface area contributed by atoms with E-state index >= 15 is 0 Å². The van der Waals surface area contributed by atoms with Crippen molar-refractivity contribution in [3.63, 3.8) is 0 Å². The number of amides is 1. The van der Waals surface area contributed by atoms with Gasteiger partial charge in [0, 0.05) is 19.3 Å². The Labute approximate surface area is 98.8 Å². The summed E-state index contributed by atoms with van der Waals surface area (Å²) in [5.74, 6) is 0. The van der Waals surface area contributed by atoms with Crippen molar-refractivity contribution in [3.05, 3.63) is 29.0 Å². The quantitative estimate of drug-likeness (QED) is 0.523. The molecule has 1 rings (SSSR count). The smallest absolute Gasteiger partial charge is 0.404 e. The van der Waals surface area contributed by atoms with Crippen molar-refractivity contribution in [2.45, 2.75) is 13.0 Å². The maximum atomic E-state index is 10.1. The molecule has 0 aliphatic carbocycles. The normalized spacial score (nSPS) is 10.1. The first-order valence-corrected chi connectivity index (χ1v) is 5.34. The predicted molar refractivity (Wildman–Crippen MR) is 61.6 cm³/mol. The average molecular weight is 244 g/mol. The van der Waals surface area contributed by atoms with Crippen LogP contribution in [0.4, 0.5) is 4.79 Å². The van der Waals surface area contributed by atoms with Crippen LogP contribution < -0.4 is 10.6 Å². The van der Waals surface area contributed by atoms with Crippen LogP contribution in [0.3, 0.4) is 0 Å². The van der Waals surface area contributed by atoms with Gasteiger partial charge in [0.05, 0.1) is 0 Å². The highest BCUT2D eigenvalue weighted by Crippen LogP contribution is 2.06. The van der Waals surface area contributed by atoms with Crippen LogP contribution in [0.5, 0.6) is 0 Å². The molecule has 6 heteroatoms. The molecule has 0 aliphatic heterocycles. The molecule has 0 aliphatic rings. The molecule has 5 nitrogen and oxygen atoms in total. The Bertz CT molecular complexity index is 347. The van der Waals surface area contributed by atoms with Gasteiger partial charge in [0.25, 0.3) is 0 Å². The second-order valence-electron chi connectivity index (χ2n) is 3.25. The van der Waals surface area contributed by atoms with Gasteiger partial charge in [-0.15, -0.1) is 0 Å². The molecule has 0 saturated carbocycles. The van der Waals surface area contributed by atoms with Gasteiger partial charge in [-0.05, 0) is 30.7 Å². The summed E-state index contributed by atoms with van der Waals surface area (Å²) in [7, 11) is 0. The highest BCUT2D eigenvalue weighted by molar-refractivity contribution is 6.29. The van der Waals surface area contributed by atoms with Gasteiger partial charge in [-0.1, -0.05) is 11.6 Å². The van der Waals surface area contributed by atoms with E-state index in [-0.39, 0.29) is 0 Å². The Balaban J connectivity index is 2.09. The maximum Gasteiger partial charge on any atom is 0.404 e. The van der Waals surface area contributed by atoms with Crippen LogP contribution in [-0.2, 0) is 6.54 Å². The molecule has 0 bridgehead atoms. The van der Waals surface area contributed by atoms with Crippen molar-refractivity contribution in [1.82, 2.24) is 15.6 Å². The van der Waals surface area contributed by atoms with Gasteiger partial charge in [0.1, 0.15) is 5.15 Å². The molecule has 1 aromatic rings. The van der Waals surface area contributed by atoms with Crippen LogP contribution in [0.2, 0.25) is 5.15 Å². The van der Waals surface area contributed by atoms with Crippen molar-refractivity contribution in [2.24, 2.45) is 0 Å². The Morgan fingerprint density at radius 2 is 2.31 bits per heavy atom. The second kappa shape index (κ2) is 7.03. The molecule has 16 heavy (non-hydrogen) atoms. The summed E-state index contributed by atoms with van der Waals surface area (Å²) in [6.45, 7) is 1.91. The molecular weight excluding hydrogens is 230 g/mol. The second-order valence-corrected chi connectivity index (χ2v) is 3.64. The summed E-state index contributed by atoms with van der Waals surface area (Å²) >= 11 is 5.73. The highest BCUT2D eigenvalue weighted by Gasteiger charge is 1.95. The molecule has 1 amide bonds. The van der Waals surface area contributed by atoms with Crippen molar-refractivity contribution in [1.29, 1.82) is 0 Å². The minimum absolute atomic E-state index is 0.458. The molecule has 0 spiro atoms. The fourth-order valence-electron chi connectivity index (χ4n) is 1.19. The summed E-state index contributed by atoms with van der Waals surface area (Å²) in [5.41, 5.74) is 1.06. The Morgan fingerprint density at radius 3 is 3.00 bits per heavy atom. The van der Waals surface area contributed by atoms with E-state index in [1.807, 2.05) is 6.07 Å². The molecule has 0 radical (unpaired) electrons. The van der Waals surface area contributed by atoms with Crippen LogP contribution >= 0.6 is 11.6 Å². The van der Waals surface area contributed by atoms with Gasteiger partial charge in [-0.3, -0.25) is 0 Å². The fraction of sp³-hybridized carbons (Fsp3) is 0.400. The summed E-state index contributed by atoms with van der Waals surface area (Å²) in [4.78, 5) is 14.0. The van der Waals surface area contributed by atoms with Gasteiger partial charge in [0.2, 0.25) is 0 Å². The largest absolute Gasteiger partial charge is 0.465 e. The number of rotatable bonds is 6. The molecule has 88 valence electrons. The molecule has 3 N–H and O–H groups in total. The molecular formula is C10H14ClN3O2. The Hall–Kier alpha value is -1.33. The topological polar surface area (TPSA) is 74.2 Å². The van der Waals surface area contributed by atoms with Gasteiger partial charge in [-0.25, -0.2) is 9.78 Å². The van der Waals surface area contributed by atoms with E-state index < -0.39 is 6.09 Å². The van der Waals surface area contributed by atoms with E-state index in [0.29, 0.717) is 18.2 Å².